The summed E-state index contributed by atoms with van der Waals surface area (Å²) < 4.78 is 5.78. The van der Waals surface area contributed by atoms with Crippen LogP contribution in [0.15, 0.2) is 83.0 Å². The summed E-state index contributed by atoms with van der Waals surface area (Å²) in [5.41, 5.74) is 6.61. The van der Waals surface area contributed by atoms with Crippen LogP contribution in [0.4, 0.5) is 4.79 Å². The number of carbonyl (C=O) groups excluding carboxylic acids is 1. The molecule has 0 spiro atoms. The third kappa shape index (κ3) is 4.77. The molecule has 2 amide bonds. The maximum absolute atomic E-state index is 13.3. The highest BCUT2D eigenvalue weighted by atomic mass is 35.5. The van der Waals surface area contributed by atoms with Gasteiger partial charge in [0.25, 0.3) is 5.89 Å². The third-order valence-corrected chi connectivity index (χ3v) is 6.72. The molecule has 1 aliphatic heterocycles. The first-order valence-electron chi connectivity index (χ1n) is 12.0. The summed E-state index contributed by atoms with van der Waals surface area (Å²) in [6.07, 6.45) is 0.968. The van der Waals surface area contributed by atoms with Crippen molar-refractivity contribution in [3.8, 4) is 11.4 Å². The largest absolute Gasteiger partial charge is 0.334 e. The number of nitrogens with zero attached hydrogens (tertiary/aromatic N) is 3. The van der Waals surface area contributed by atoms with Gasteiger partial charge < -0.3 is 9.84 Å². The van der Waals surface area contributed by atoms with Crippen LogP contribution in [0.25, 0.3) is 17.0 Å². The number of hydrogen-bond donors (Lipinski definition) is 1. The minimum absolute atomic E-state index is 0.195. The highest BCUT2D eigenvalue weighted by Crippen LogP contribution is 2.38. The molecule has 1 atom stereocenters. The van der Waals surface area contributed by atoms with Gasteiger partial charge in [0.15, 0.2) is 0 Å². The van der Waals surface area contributed by atoms with E-state index in [0.717, 1.165) is 39.9 Å². The number of amides is 2. The normalized spacial score (nSPS) is 15.8. The van der Waals surface area contributed by atoms with Crippen molar-refractivity contribution in [2.45, 2.75) is 39.8 Å². The molecule has 1 aromatic heterocycles. The van der Waals surface area contributed by atoms with Gasteiger partial charge in [0.05, 0.1) is 18.2 Å². The van der Waals surface area contributed by atoms with E-state index in [1.807, 2.05) is 56.3 Å². The fraction of sp³-hybridized carbons (Fsp3) is 0.207. The number of urea groups is 1. The molecule has 3 aromatic carbocycles. The zero-order valence-corrected chi connectivity index (χ0v) is 21.2. The van der Waals surface area contributed by atoms with E-state index in [0.29, 0.717) is 23.3 Å². The van der Waals surface area contributed by atoms with E-state index >= 15 is 0 Å². The first-order valence-corrected chi connectivity index (χ1v) is 12.3. The molecule has 1 unspecified atom stereocenters. The molecule has 1 aliphatic rings. The monoisotopic (exact) mass is 498 g/mol. The van der Waals surface area contributed by atoms with Crippen LogP contribution < -0.4 is 5.32 Å². The molecule has 36 heavy (non-hydrogen) atoms. The molecular weight excluding hydrogens is 472 g/mol. The fourth-order valence-electron chi connectivity index (χ4n) is 4.48. The van der Waals surface area contributed by atoms with Crippen LogP contribution >= 0.6 is 11.6 Å². The van der Waals surface area contributed by atoms with E-state index in [1.165, 1.54) is 5.56 Å². The lowest BCUT2D eigenvalue weighted by Gasteiger charge is -2.35. The standard InChI is InChI=1S/C29H27ClN4O2/c1-4-20-11-13-21(14-12-20)17-34-19(3)25(26(31-29(34)35)22-8-6-10-24(30)16-22)28-32-27(33-36-28)23-9-5-7-18(2)15-23/h5-16,26H,4,17H2,1-3H3,(H,31,35). The third-order valence-electron chi connectivity index (χ3n) is 6.48. The van der Waals surface area contributed by atoms with Crippen molar-refractivity contribution in [3.63, 3.8) is 0 Å². The Morgan fingerprint density at radius 1 is 1.00 bits per heavy atom. The molecule has 0 fully saturated rings. The van der Waals surface area contributed by atoms with Crippen molar-refractivity contribution >= 4 is 23.2 Å². The maximum atomic E-state index is 13.3. The summed E-state index contributed by atoms with van der Waals surface area (Å²) >= 11 is 6.30. The highest BCUT2D eigenvalue weighted by molar-refractivity contribution is 6.30. The van der Waals surface area contributed by atoms with Crippen molar-refractivity contribution in [2.75, 3.05) is 0 Å². The van der Waals surface area contributed by atoms with Gasteiger partial charge in [0.1, 0.15) is 0 Å². The topological polar surface area (TPSA) is 71.3 Å². The summed E-state index contributed by atoms with van der Waals surface area (Å²) in [5, 5.41) is 7.97. The summed E-state index contributed by atoms with van der Waals surface area (Å²) in [6.45, 7) is 6.49. The lowest BCUT2D eigenvalue weighted by molar-refractivity contribution is 0.203. The Kier molecular flexibility index (Phi) is 6.61. The SMILES string of the molecule is CCc1ccc(CN2C(=O)NC(c3cccc(Cl)c3)C(c3nc(-c4cccc(C)c4)no3)=C2C)cc1. The van der Waals surface area contributed by atoms with E-state index in [9.17, 15) is 4.79 Å². The van der Waals surface area contributed by atoms with Crippen molar-refractivity contribution in [1.82, 2.24) is 20.4 Å². The quantitative estimate of drug-likeness (QED) is 0.312. The van der Waals surface area contributed by atoms with Gasteiger partial charge in [0.2, 0.25) is 5.82 Å². The average molecular weight is 499 g/mol. The van der Waals surface area contributed by atoms with Crippen molar-refractivity contribution in [2.24, 2.45) is 0 Å². The van der Waals surface area contributed by atoms with Crippen LogP contribution in [-0.2, 0) is 13.0 Å². The molecule has 6 nitrogen and oxygen atoms in total. The van der Waals surface area contributed by atoms with Crippen LogP contribution in [0.3, 0.4) is 0 Å². The van der Waals surface area contributed by atoms with Crippen LogP contribution in [0.1, 0.15) is 48.0 Å². The second kappa shape index (κ2) is 9.99. The average Bonchev–Trinajstić information content (AvgIpc) is 3.36. The number of hydrogen-bond acceptors (Lipinski definition) is 4. The van der Waals surface area contributed by atoms with Crippen LogP contribution in [0.2, 0.25) is 5.02 Å². The summed E-state index contributed by atoms with van der Waals surface area (Å²) in [6, 6.07) is 23.0. The van der Waals surface area contributed by atoms with Gasteiger partial charge in [-0.25, -0.2) is 4.79 Å². The molecule has 5 rings (SSSR count). The maximum Gasteiger partial charge on any atom is 0.322 e. The molecule has 182 valence electrons. The number of nitrogens with one attached hydrogen (secondary N) is 1. The molecule has 2 heterocycles. The molecule has 0 radical (unpaired) electrons. The predicted octanol–water partition coefficient (Wildman–Crippen LogP) is 6.96. The zero-order valence-electron chi connectivity index (χ0n) is 20.5. The van der Waals surface area contributed by atoms with Crippen LogP contribution in [0.5, 0.6) is 0 Å². The fourth-order valence-corrected chi connectivity index (χ4v) is 4.68. The molecule has 0 aliphatic carbocycles. The summed E-state index contributed by atoms with van der Waals surface area (Å²) in [5.74, 6) is 0.859. The molecule has 0 saturated heterocycles. The van der Waals surface area contributed by atoms with Crippen LogP contribution in [-0.4, -0.2) is 21.1 Å². The smallest absolute Gasteiger partial charge is 0.322 e. The minimum atomic E-state index is -0.485. The summed E-state index contributed by atoms with van der Waals surface area (Å²) in [7, 11) is 0. The van der Waals surface area contributed by atoms with E-state index in [2.05, 4.69) is 41.7 Å². The van der Waals surface area contributed by atoms with Gasteiger partial charge in [0, 0.05) is 16.3 Å². The van der Waals surface area contributed by atoms with E-state index < -0.39 is 6.04 Å². The Morgan fingerprint density at radius 2 is 1.75 bits per heavy atom. The van der Waals surface area contributed by atoms with Crippen molar-refractivity contribution < 1.29 is 9.32 Å². The Labute approximate surface area is 215 Å². The molecular formula is C29H27ClN4O2. The number of rotatable bonds is 6. The lowest BCUT2D eigenvalue weighted by Crippen LogP contribution is -2.45. The number of benzene rings is 3. The van der Waals surface area contributed by atoms with Gasteiger partial charge >= 0.3 is 6.03 Å². The van der Waals surface area contributed by atoms with Crippen molar-refractivity contribution in [1.29, 1.82) is 0 Å². The highest BCUT2D eigenvalue weighted by Gasteiger charge is 2.36. The van der Waals surface area contributed by atoms with E-state index in [1.54, 1.807) is 11.0 Å². The van der Waals surface area contributed by atoms with E-state index in [4.69, 9.17) is 21.1 Å². The molecule has 7 heteroatoms. The van der Waals surface area contributed by atoms with E-state index in [-0.39, 0.29) is 6.03 Å². The van der Waals surface area contributed by atoms with Gasteiger partial charge in [-0.1, -0.05) is 83.8 Å². The van der Waals surface area contributed by atoms with Gasteiger partial charge in [-0.05, 0) is 55.2 Å². The number of aryl methyl sites for hydroxylation is 2. The number of allylic oxidation sites excluding steroid dienone is 1. The molecule has 0 saturated carbocycles. The van der Waals surface area contributed by atoms with Gasteiger partial charge in [-0.15, -0.1) is 0 Å². The number of carbonyl (C=O) groups is 1. The number of aromatic nitrogens is 2. The Morgan fingerprint density at radius 3 is 2.47 bits per heavy atom. The molecule has 0 bridgehead atoms. The zero-order chi connectivity index (χ0) is 25.2. The molecule has 4 aromatic rings. The van der Waals surface area contributed by atoms with Gasteiger partial charge in [-0.2, -0.15) is 4.98 Å². The Balaban J connectivity index is 1.58. The minimum Gasteiger partial charge on any atom is -0.334 e. The second-order valence-corrected chi connectivity index (χ2v) is 9.42. The predicted molar refractivity (Wildman–Crippen MR) is 141 cm³/mol. The first-order chi connectivity index (χ1) is 17.4. The Bertz CT molecular complexity index is 1440. The second-order valence-electron chi connectivity index (χ2n) is 8.99. The molecule has 1 N–H and O–H groups in total. The lowest BCUT2D eigenvalue weighted by atomic mass is 9.94. The van der Waals surface area contributed by atoms with Crippen molar-refractivity contribution in [3.05, 3.63) is 112 Å². The van der Waals surface area contributed by atoms with Gasteiger partial charge in [-0.3, -0.25) is 4.90 Å². The summed E-state index contributed by atoms with van der Waals surface area (Å²) in [4.78, 5) is 19.8. The Hall–Kier alpha value is -3.90. The first kappa shape index (κ1) is 23.8. The van der Waals surface area contributed by atoms with Crippen LogP contribution in [0, 0.1) is 6.92 Å². The number of halogens is 1.